The summed E-state index contributed by atoms with van der Waals surface area (Å²) in [5, 5.41) is 0. The van der Waals surface area contributed by atoms with Crippen molar-refractivity contribution in [3.8, 4) is 5.75 Å². The Morgan fingerprint density at radius 2 is 1.41 bits per heavy atom. The molecule has 0 bridgehead atoms. The second-order valence-electron chi connectivity index (χ2n) is 6.35. The van der Waals surface area contributed by atoms with Gasteiger partial charge in [0, 0.05) is 23.0 Å². The first-order chi connectivity index (χ1) is 13.5. The zero-order valence-electron chi connectivity index (χ0n) is 16.6. The fraction of sp³-hybridized carbons (Fsp3) is 0.273. The molecular formula is C22H21CrNO5. The minimum atomic E-state index is -0.383. The van der Waals surface area contributed by atoms with Gasteiger partial charge in [-0.1, -0.05) is 24.3 Å². The number of methoxy groups -OCH3 is 1. The van der Waals surface area contributed by atoms with Crippen LogP contribution in [0.4, 0.5) is 5.69 Å². The maximum Gasteiger partial charge on any atom is 0 e. The van der Waals surface area contributed by atoms with E-state index >= 15 is 0 Å². The Balaban J connectivity index is 0. The van der Waals surface area contributed by atoms with E-state index < -0.39 is 0 Å². The van der Waals surface area contributed by atoms with Crippen molar-refractivity contribution in [3.63, 3.8) is 0 Å². The molecule has 2 aromatic carbocycles. The molecule has 3 rings (SSSR count). The molecule has 0 N–H and O–H groups in total. The molecule has 0 radical (unpaired) electrons. The number of amides is 1. The van der Waals surface area contributed by atoms with Crippen LogP contribution in [0.15, 0.2) is 48.5 Å². The third-order valence-corrected chi connectivity index (χ3v) is 4.55. The van der Waals surface area contributed by atoms with Crippen molar-refractivity contribution in [1.29, 1.82) is 0 Å². The summed E-state index contributed by atoms with van der Waals surface area (Å²) in [4.78, 5) is 14.5. The maximum atomic E-state index is 12.6. The van der Waals surface area contributed by atoms with Crippen molar-refractivity contribution in [2.45, 2.75) is 26.8 Å². The summed E-state index contributed by atoms with van der Waals surface area (Å²) >= 11 is 0. The third kappa shape index (κ3) is 5.97. The average Bonchev–Trinajstić information content (AvgIpc) is 2.77. The van der Waals surface area contributed by atoms with Crippen LogP contribution in [-0.2, 0) is 36.1 Å². The minimum Gasteiger partial charge on any atom is 0 e. The number of carbonyl (C=O) groups excluding carboxylic acids is 1. The van der Waals surface area contributed by atoms with Crippen LogP contribution >= 0.6 is 0 Å². The molecule has 1 aliphatic heterocycles. The van der Waals surface area contributed by atoms with E-state index in [2.05, 4.69) is 39.0 Å². The Hall–Kier alpha value is -2.54. The van der Waals surface area contributed by atoms with Gasteiger partial charge in [0.2, 0.25) is 5.91 Å². The quantitative estimate of drug-likeness (QED) is 0.418. The van der Waals surface area contributed by atoms with E-state index in [4.69, 9.17) is 18.7 Å². The molecular weight excluding hydrogens is 410 g/mol. The first-order valence-corrected chi connectivity index (χ1v) is 8.11. The Bertz CT molecular complexity index is 826. The first-order valence-electron chi connectivity index (χ1n) is 8.11. The molecule has 1 saturated heterocycles. The van der Waals surface area contributed by atoms with Crippen LogP contribution in [0.2, 0.25) is 0 Å². The number of nitrogens with zero attached hydrogens (tertiary/aromatic N) is 1. The summed E-state index contributed by atoms with van der Waals surface area (Å²) in [5.74, 6) is 0.953. The fourth-order valence-corrected chi connectivity index (χ4v) is 3.23. The summed E-state index contributed by atoms with van der Waals surface area (Å²) < 4.78 is 27.7. The zero-order chi connectivity index (χ0) is 21.9. The molecule has 1 aliphatic rings. The second-order valence-corrected chi connectivity index (χ2v) is 6.35. The molecule has 0 aliphatic carbocycles. The van der Waals surface area contributed by atoms with Crippen molar-refractivity contribution in [1.82, 2.24) is 0 Å². The van der Waals surface area contributed by atoms with Gasteiger partial charge >= 0.3 is 33.9 Å². The van der Waals surface area contributed by atoms with Crippen LogP contribution in [0.5, 0.6) is 5.75 Å². The third-order valence-electron chi connectivity index (χ3n) is 4.55. The van der Waals surface area contributed by atoms with Gasteiger partial charge in [-0.25, -0.2) is 0 Å². The van der Waals surface area contributed by atoms with Crippen molar-refractivity contribution in [3.05, 3.63) is 79.6 Å². The summed E-state index contributed by atoms with van der Waals surface area (Å²) in [6.07, 6.45) is 0. The van der Waals surface area contributed by atoms with Gasteiger partial charge in [0.25, 0.3) is 0 Å². The van der Waals surface area contributed by atoms with Gasteiger partial charge in [0.1, 0.15) is 5.75 Å². The van der Waals surface area contributed by atoms with Gasteiger partial charge < -0.3 is 9.64 Å². The number of ether oxygens (including phenoxy) is 1. The first kappa shape index (κ1) is 28.7. The van der Waals surface area contributed by atoms with Crippen molar-refractivity contribution in [2.24, 2.45) is 5.41 Å². The summed E-state index contributed by atoms with van der Waals surface area (Å²) in [7, 11) is 1.64. The summed E-state index contributed by atoms with van der Waals surface area (Å²) in [6.45, 7) is 19.6. The molecule has 150 valence electrons. The molecule has 1 amide bonds. The van der Waals surface area contributed by atoms with E-state index in [1.54, 1.807) is 7.11 Å². The van der Waals surface area contributed by atoms with Crippen molar-refractivity contribution < 1.29 is 40.8 Å². The molecule has 1 fully saturated rings. The standard InChI is InChI=1S/C19H21NO2.3CO.Cr/c1-13-7-5-6-8-16(13)17-19(2,3)18(21)20(17)14-9-11-15(22-4)12-10-14;3*1-2;/h5-12,17H,1-4H3;;;;/t17-;;;;/m1..../s1. The van der Waals surface area contributed by atoms with Crippen LogP contribution < -0.4 is 9.64 Å². The van der Waals surface area contributed by atoms with E-state index in [9.17, 15) is 4.79 Å². The van der Waals surface area contributed by atoms with Gasteiger partial charge in [-0.3, -0.25) is 4.79 Å². The van der Waals surface area contributed by atoms with Crippen molar-refractivity contribution in [2.75, 3.05) is 12.0 Å². The Labute approximate surface area is 182 Å². The maximum absolute atomic E-state index is 12.6. The molecule has 6 nitrogen and oxygen atoms in total. The Morgan fingerprint density at radius 1 is 0.931 bits per heavy atom. The number of benzene rings is 2. The zero-order valence-corrected chi connectivity index (χ0v) is 17.9. The van der Waals surface area contributed by atoms with Crippen LogP contribution in [0.3, 0.4) is 0 Å². The number of hydrogen-bond acceptors (Lipinski definition) is 2. The number of carbonyl (C=O) groups is 1. The van der Waals surface area contributed by atoms with Gasteiger partial charge in [-0.15, -0.1) is 0 Å². The minimum absolute atomic E-state index is 0. The molecule has 1 atom stereocenters. The largest absolute Gasteiger partial charge is 0 e. The van der Waals surface area contributed by atoms with Crippen LogP contribution in [0.1, 0.15) is 31.0 Å². The number of aryl methyl sites for hydroxylation is 1. The summed E-state index contributed by atoms with van der Waals surface area (Å²) in [6, 6.07) is 16.0. The van der Waals surface area contributed by atoms with E-state index in [1.807, 2.05) is 55.1 Å². The van der Waals surface area contributed by atoms with E-state index in [-0.39, 0.29) is 34.7 Å². The van der Waals surface area contributed by atoms with E-state index in [0.717, 1.165) is 11.4 Å². The average molecular weight is 431 g/mol. The number of hydrogen-bond donors (Lipinski definition) is 0. The molecule has 7 heteroatoms. The molecule has 0 saturated carbocycles. The predicted octanol–water partition coefficient (Wildman–Crippen LogP) is 4.00. The normalized spacial score (nSPS) is 15.2. The Kier molecular flexibility index (Phi) is 13.5. The second kappa shape index (κ2) is 13.6. The molecule has 1 heterocycles. The van der Waals surface area contributed by atoms with Gasteiger partial charge in [0.15, 0.2) is 0 Å². The van der Waals surface area contributed by atoms with Gasteiger partial charge in [-0.05, 0) is 56.2 Å². The van der Waals surface area contributed by atoms with Gasteiger partial charge in [-0.2, -0.15) is 0 Å². The number of rotatable bonds is 3. The smallest absolute Gasteiger partial charge is 0 e. The van der Waals surface area contributed by atoms with Crippen LogP contribution in [-0.4, -0.2) is 13.0 Å². The van der Waals surface area contributed by atoms with Crippen LogP contribution in [0, 0.1) is 32.3 Å². The fourth-order valence-electron chi connectivity index (χ4n) is 3.23. The molecule has 0 aromatic heterocycles. The molecule has 29 heavy (non-hydrogen) atoms. The van der Waals surface area contributed by atoms with Crippen LogP contribution in [0.25, 0.3) is 0 Å². The SMILES string of the molecule is COc1ccc(N2C(=O)C(C)(C)[C@H]2c2ccccc2C)cc1.[C-]#[O+].[C-]#[O+].[C-]#[O+].[Cr]. The molecule has 0 spiro atoms. The number of anilines is 1. The predicted molar refractivity (Wildman–Crippen MR) is 100.0 cm³/mol. The summed E-state index contributed by atoms with van der Waals surface area (Å²) in [5.41, 5.74) is 2.96. The van der Waals surface area contributed by atoms with Gasteiger partial charge in [0.05, 0.1) is 18.6 Å². The monoisotopic (exact) mass is 431 g/mol. The Morgan fingerprint density at radius 3 is 1.86 bits per heavy atom. The molecule has 0 unspecified atom stereocenters. The van der Waals surface area contributed by atoms with E-state index in [0.29, 0.717) is 0 Å². The molecule has 2 aromatic rings. The topological polar surface area (TPSA) is 89.2 Å². The van der Waals surface area contributed by atoms with Crippen molar-refractivity contribution >= 4 is 11.6 Å². The van der Waals surface area contributed by atoms with E-state index in [1.165, 1.54) is 11.1 Å². The number of β-lactam (4-membered cyclic amide) rings is 1.